The van der Waals surface area contributed by atoms with Gasteiger partial charge in [0.15, 0.2) is 0 Å². The second-order valence-electron chi connectivity index (χ2n) is 10.1. The molecule has 0 spiro atoms. The molecule has 0 aliphatic heterocycles. The van der Waals surface area contributed by atoms with Crippen LogP contribution in [0.3, 0.4) is 0 Å². The van der Waals surface area contributed by atoms with Gasteiger partial charge in [-0.2, -0.15) is 0 Å². The summed E-state index contributed by atoms with van der Waals surface area (Å²) >= 11 is 0. The number of aromatic hydroxyl groups is 1. The predicted octanol–water partition coefficient (Wildman–Crippen LogP) is 0.186. The summed E-state index contributed by atoms with van der Waals surface area (Å²) in [5, 5.41) is 20.2. The van der Waals surface area contributed by atoms with Crippen LogP contribution in [0.15, 0.2) is 54.6 Å². The molecule has 5 N–H and O–H groups in total. The Kier molecular flexibility index (Phi) is 15.7. The average molecular weight is 640 g/mol. The van der Waals surface area contributed by atoms with Crippen LogP contribution in [-0.2, 0) is 41.9 Å². The molecule has 4 amide bonds. The first kappa shape index (κ1) is 37.3. The van der Waals surface area contributed by atoms with Gasteiger partial charge in [-0.05, 0) is 50.1 Å². The number of halogens is 1. The number of nitrogens with zero attached hydrogens (tertiary/aromatic N) is 1. The summed E-state index contributed by atoms with van der Waals surface area (Å²) in [5.74, 6) is -1.90. The molecule has 0 aromatic heterocycles. The first-order valence-corrected chi connectivity index (χ1v) is 15.6. The number of phenolic OH excluding ortho intramolecular Hbond substituents is 1. The molecule has 2 rings (SSSR count). The Labute approximate surface area is 259 Å². The van der Waals surface area contributed by atoms with Crippen molar-refractivity contribution in [2.24, 2.45) is 0 Å². The lowest BCUT2D eigenvalue weighted by Crippen LogP contribution is -2.54. The zero-order valence-corrected chi connectivity index (χ0v) is 26.5. The fourth-order valence-corrected chi connectivity index (χ4v) is 4.76. The normalized spacial score (nSPS) is 13.0. The minimum atomic E-state index is -3.17. The highest BCUT2D eigenvalue weighted by molar-refractivity contribution is 7.90. The third-order valence-corrected chi connectivity index (χ3v) is 7.66. The van der Waals surface area contributed by atoms with E-state index in [9.17, 15) is 32.7 Å². The smallest absolute Gasteiger partial charge is 0.243 e. The molecule has 43 heavy (non-hydrogen) atoms. The number of rotatable bonds is 16. The third-order valence-electron chi connectivity index (χ3n) is 6.63. The van der Waals surface area contributed by atoms with Crippen LogP contribution in [0.1, 0.15) is 24.5 Å². The third kappa shape index (κ3) is 13.4. The number of carbonyl (C=O) groups is 4. The Balaban J connectivity index is 0.00000924. The first-order chi connectivity index (χ1) is 19.8. The molecule has 0 aliphatic rings. The Hall–Kier alpha value is -3.68. The van der Waals surface area contributed by atoms with Gasteiger partial charge in [0.25, 0.3) is 0 Å². The van der Waals surface area contributed by atoms with E-state index in [1.807, 2.05) is 30.3 Å². The molecule has 2 aromatic rings. The molecule has 0 unspecified atom stereocenters. The van der Waals surface area contributed by atoms with Crippen LogP contribution < -0.4 is 21.3 Å². The molecule has 0 bridgehead atoms. The van der Waals surface area contributed by atoms with Gasteiger partial charge in [-0.15, -0.1) is 12.4 Å². The Bertz CT molecular complexity index is 1310. The Morgan fingerprint density at radius 3 is 2.07 bits per heavy atom. The van der Waals surface area contributed by atoms with E-state index in [1.54, 1.807) is 19.2 Å². The number of benzene rings is 2. The van der Waals surface area contributed by atoms with Crippen LogP contribution in [0.25, 0.3) is 0 Å². The number of sulfone groups is 1. The minimum absolute atomic E-state index is 0. The summed E-state index contributed by atoms with van der Waals surface area (Å²) < 4.78 is 22.8. The van der Waals surface area contributed by atoms with Gasteiger partial charge >= 0.3 is 0 Å². The summed E-state index contributed by atoms with van der Waals surface area (Å²) in [5.41, 5.74) is 1.64. The van der Waals surface area contributed by atoms with E-state index in [2.05, 4.69) is 21.3 Å². The number of nitrogens with one attached hydrogen (secondary N) is 4. The van der Waals surface area contributed by atoms with Crippen LogP contribution in [-0.4, -0.2) is 99.4 Å². The quantitative estimate of drug-likeness (QED) is 0.162. The van der Waals surface area contributed by atoms with Gasteiger partial charge in [-0.25, -0.2) is 8.42 Å². The number of hydrogen-bond donors (Lipinski definition) is 5. The van der Waals surface area contributed by atoms with Crippen LogP contribution in [0, 0.1) is 0 Å². The van der Waals surface area contributed by atoms with Gasteiger partial charge in [0.2, 0.25) is 23.6 Å². The van der Waals surface area contributed by atoms with Crippen LogP contribution in [0.2, 0.25) is 0 Å². The molecular weight excluding hydrogens is 598 g/mol. The average Bonchev–Trinajstić information content (AvgIpc) is 2.95. The van der Waals surface area contributed by atoms with E-state index in [-0.39, 0.29) is 43.3 Å². The molecule has 14 heteroatoms. The van der Waals surface area contributed by atoms with Crippen molar-refractivity contribution in [1.29, 1.82) is 0 Å². The van der Waals surface area contributed by atoms with Crippen molar-refractivity contribution in [1.82, 2.24) is 26.2 Å². The van der Waals surface area contributed by atoms with Gasteiger partial charge in [0.1, 0.15) is 27.7 Å². The van der Waals surface area contributed by atoms with Crippen molar-refractivity contribution < 1.29 is 32.7 Å². The van der Waals surface area contributed by atoms with Gasteiger partial charge < -0.3 is 31.3 Å². The number of hydrogen-bond acceptors (Lipinski definition) is 8. The predicted molar refractivity (Wildman–Crippen MR) is 167 cm³/mol. The fraction of sp³-hybridized carbons (Fsp3) is 0.448. The highest BCUT2D eigenvalue weighted by Gasteiger charge is 2.28. The highest BCUT2D eigenvalue weighted by Crippen LogP contribution is 2.12. The van der Waals surface area contributed by atoms with E-state index in [1.165, 1.54) is 31.0 Å². The zero-order valence-electron chi connectivity index (χ0n) is 24.8. The monoisotopic (exact) mass is 639 g/mol. The van der Waals surface area contributed by atoms with E-state index in [0.717, 1.165) is 17.4 Å². The second-order valence-corrected chi connectivity index (χ2v) is 12.4. The summed E-state index contributed by atoms with van der Waals surface area (Å²) in [7, 11) is -0.0822. The van der Waals surface area contributed by atoms with Crippen molar-refractivity contribution in [2.75, 3.05) is 39.2 Å². The van der Waals surface area contributed by atoms with Gasteiger partial charge in [-0.3, -0.25) is 19.2 Å². The van der Waals surface area contributed by atoms with Gasteiger partial charge in [-0.1, -0.05) is 42.5 Å². The summed E-state index contributed by atoms with van der Waals surface area (Å²) in [6.45, 7) is 1.23. The number of amides is 4. The molecule has 238 valence electrons. The largest absolute Gasteiger partial charge is 0.508 e. The van der Waals surface area contributed by atoms with E-state index < -0.39 is 58.1 Å². The standard InChI is InChI=1S/C29H41N5O7S.ClH/c1-20(33-28(38)24(30-2)17-22-11-13-23(35)14-12-22)27(37)32-19-26(36)34(3)25(18-21-9-6-5-7-10-21)29(39)31-15-8-16-42(4,40)41;/h5-7,9-14,20,24-25,30,35H,8,15-19H2,1-4H3,(H,31,39)(H,32,37)(H,33,38);1H/t20-,24+,25+;/m1./s1. The van der Waals surface area contributed by atoms with Gasteiger partial charge in [0.05, 0.1) is 18.3 Å². The van der Waals surface area contributed by atoms with Crippen molar-refractivity contribution in [3.8, 4) is 5.75 Å². The second kappa shape index (κ2) is 18.1. The molecule has 3 atom stereocenters. The molecular formula is C29H42ClN5O7S. The van der Waals surface area contributed by atoms with E-state index in [0.29, 0.717) is 6.42 Å². The summed E-state index contributed by atoms with van der Waals surface area (Å²) in [6, 6.07) is 13.1. The van der Waals surface area contributed by atoms with Crippen molar-refractivity contribution in [3.63, 3.8) is 0 Å². The lowest BCUT2D eigenvalue weighted by atomic mass is 10.0. The number of carbonyl (C=O) groups excluding carboxylic acids is 4. The maximum absolute atomic E-state index is 13.0. The summed E-state index contributed by atoms with van der Waals surface area (Å²) in [6.07, 6.45) is 1.91. The number of likely N-dealkylation sites (N-methyl/N-ethyl adjacent to an activating group) is 2. The lowest BCUT2D eigenvalue weighted by molar-refractivity contribution is -0.139. The molecule has 0 radical (unpaired) electrons. The SMILES string of the molecule is CN[C@@H](Cc1ccc(O)cc1)C(=O)N[C@H](C)C(=O)NCC(=O)N(C)[C@@H](Cc1ccccc1)C(=O)NCCCS(C)(=O)=O.Cl. The highest BCUT2D eigenvalue weighted by atomic mass is 35.5. The van der Waals surface area contributed by atoms with Crippen LogP contribution in [0.5, 0.6) is 5.75 Å². The molecule has 0 fully saturated rings. The Morgan fingerprint density at radius 2 is 1.49 bits per heavy atom. The topological polar surface area (TPSA) is 174 Å². The molecule has 12 nitrogen and oxygen atoms in total. The molecule has 2 aromatic carbocycles. The van der Waals surface area contributed by atoms with E-state index >= 15 is 0 Å². The zero-order chi connectivity index (χ0) is 31.3. The van der Waals surface area contributed by atoms with Crippen molar-refractivity contribution >= 4 is 45.9 Å². The van der Waals surface area contributed by atoms with Gasteiger partial charge in [0, 0.05) is 26.3 Å². The van der Waals surface area contributed by atoms with Crippen molar-refractivity contribution in [3.05, 3.63) is 65.7 Å². The molecule has 0 saturated heterocycles. The summed E-state index contributed by atoms with van der Waals surface area (Å²) in [4.78, 5) is 52.7. The Morgan fingerprint density at radius 1 is 0.884 bits per heavy atom. The molecule has 0 heterocycles. The minimum Gasteiger partial charge on any atom is -0.508 e. The molecule has 0 saturated carbocycles. The lowest BCUT2D eigenvalue weighted by Gasteiger charge is -2.28. The first-order valence-electron chi connectivity index (χ1n) is 13.6. The number of phenols is 1. The maximum atomic E-state index is 13.0. The van der Waals surface area contributed by atoms with Crippen LogP contribution >= 0.6 is 12.4 Å². The maximum Gasteiger partial charge on any atom is 0.243 e. The molecule has 0 aliphatic carbocycles. The van der Waals surface area contributed by atoms with Crippen molar-refractivity contribution in [2.45, 2.75) is 44.3 Å². The fourth-order valence-electron chi connectivity index (χ4n) is 4.09. The van der Waals surface area contributed by atoms with Crippen LogP contribution in [0.4, 0.5) is 0 Å². The van der Waals surface area contributed by atoms with E-state index in [4.69, 9.17) is 0 Å².